The van der Waals surface area contributed by atoms with Crippen LogP contribution in [0.2, 0.25) is 0 Å². The van der Waals surface area contributed by atoms with Crippen LogP contribution in [0.25, 0.3) is 0 Å². The highest BCUT2D eigenvalue weighted by molar-refractivity contribution is 6.27. The monoisotopic (exact) mass is 274 g/mol. The second-order valence-corrected chi connectivity index (χ2v) is 6.13. The predicted molar refractivity (Wildman–Crippen MR) is 73.4 cm³/mol. The van der Waals surface area contributed by atoms with Crippen LogP contribution < -0.4 is 0 Å². The summed E-state index contributed by atoms with van der Waals surface area (Å²) < 4.78 is 0. The highest BCUT2D eigenvalue weighted by Crippen LogP contribution is 2.53. The van der Waals surface area contributed by atoms with Crippen LogP contribution in [0.5, 0.6) is 0 Å². The van der Waals surface area contributed by atoms with Crippen molar-refractivity contribution >= 4 is 17.4 Å². The van der Waals surface area contributed by atoms with E-state index in [1.807, 2.05) is 17.1 Å². The van der Waals surface area contributed by atoms with Crippen LogP contribution in [0.15, 0.2) is 37.1 Å². The summed E-state index contributed by atoms with van der Waals surface area (Å²) in [4.78, 5) is 13.5. The molecule has 4 heteroatoms. The third-order valence-electron chi connectivity index (χ3n) is 4.61. The van der Waals surface area contributed by atoms with E-state index in [0.717, 1.165) is 12.8 Å². The maximum Gasteiger partial charge on any atom is 0.183 e. The molecule has 1 fully saturated rings. The Morgan fingerprint density at radius 1 is 1.63 bits per heavy atom. The molecule has 1 aliphatic carbocycles. The number of ketones is 1. The van der Waals surface area contributed by atoms with E-state index in [1.165, 1.54) is 0 Å². The summed E-state index contributed by atoms with van der Waals surface area (Å²) >= 11 is 6.45. The summed E-state index contributed by atoms with van der Waals surface area (Å²) in [6, 6.07) is 1.99. The van der Waals surface area contributed by atoms with Gasteiger partial charge in [0.15, 0.2) is 10.7 Å². The standard InChI is InChI=1S/C15H15ClN2O/c1-2-3-7-15-11-4-5-12(14(16,9-11)10-17)18(15)8-6-13(15)19/h2,4-6,8,11-12H,1,3,7,9H2/t11-,12+,14-,15-/m1/s1. The fraction of sp³-hybridized carbons (Fsp3) is 0.467. The molecule has 3 aliphatic heterocycles. The van der Waals surface area contributed by atoms with Crippen molar-refractivity contribution in [2.45, 2.75) is 35.7 Å². The van der Waals surface area contributed by atoms with Gasteiger partial charge in [-0.2, -0.15) is 5.26 Å². The van der Waals surface area contributed by atoms with Gasteiger partial charge in [-0.05, 0) is 25.3 Å². The Balaban J connectivity index is 2.06. The quantitative estimate of drug-likeness (QED) is 0.587. The second kappa shape index (κ2) is 3.98. The first-order chi connectivity index (χ1) is 9.08. The topological polar surface area (TPSA) is 44.1 Å². The minimum absolute atomic E-state index is 0.00269. The van der Waals surface area contributed by atoms with Gasteiger partial charge >= 0.3 is 0 Å². The van der Waals surface area contributed by atoms with E-state index in [4.69, 9.17) is 11.6 Å². The van der Waals surface area contributed by atoms with Gasteiger partial charge in [-0.1, -0.05) is 18.2 Å². The van der Waals surface area contributed by atoms with Gasteiger partial charge in [-0.15, -0.1) is 18.2 Å². The maximum atomic E-state index is 12.4. The van der Waals surface area contributed by atoms with Gasteiger partial charge in [-0.3, -0.25) is 4.79 Å². The number of allylic oxidation sites excluding steroid dienone is 1. The summed E-state index contributed by atoms with van der Waals surface area (Å²) in [5, 5.41) is 9.35. The normalized spacial score (nSPS) is 42.3. The molecule has 4 rings (SSSR count). The van der Waals surface area contributed by atoms with E-state index >= 15 is 0 Å². The Hall–Kier alpha value is -1.53. The van der Waals surface area contributed by atoms with Crippen molar-refractivity contribution in [2.75, 3.05) is 0 Å². The molecular weight excluding hydrogens is 260 g/mol. The molecule has 0 amide bonds. The number of alkyl halides is 1. The molecule has 2 bridgehead atoms. The number of hydrogen-bond donors (Lipinski definition) is 0. The Kier molecular flexibility index (Phi) is 2.62. The Morgan fingerprint density at radius 2 is 2.42 bits per heavy atom. The van der Waals surface area contributed by atoms with Gasteiger partial charge in [0.1, 0.15) is 5.54 Å². The van der Waals surface area contributed by atoms with Crippen molar-refractivity contribution in [3.05, 3.63) is 37.1 Å². The van der Waals surface area contributed by atoms with Crippen LogP contribution in [0.1, 0.15) is 19.3 Å². The average Bonchev–Trinajstić information content (AvgIpc) is 2.77. The van der Waals surface area contributed by atoms with Gasteiger partial charge in [0.2, 0.25) is 0 Å². The lowest BCUT2D eigenvalue weighted by Gasteiger charge is -2.57. The SMILES string of the molecule is C=CCC[C@@]12C(=O)C=CN1[C@H]1C=C[C@@H]2C[C@@]1(Cl)C#N. The van der Waals surface area contributed by atoms with Crippen molar-refractivity contribution in [3.8, 4) is 6.07 Å². The molecule has 19 heavy (non-hydrogen) atoms. The fourth-order valence-corrected chi connectivity index (χ4v) is 4.03. The van der Waals surface area contributed by atoms with Gasteiger partial charge in [0.25, 0.3) is 0 Å². The Bertz CT molecular complexity index is 547. The maximum absolute atomic E-state index is 12.4. The van der Waals surface area contributed by atoms with E-state index in [9.17, 15) is 10.1 Å². The number of piperidine rings is 1. The molecule has 0 unspecified atom stereocenters. The van der Waals surface area contributed by atoms with E-state index in [2.05, 4.69) is 18.7 Å². The summed E-state index contributed by atoms with van der Waals surface area (Å²) in [7, 11) is 0. The van der Waals surface area contributed by atoms with E-state index in [1.54, 1.807) is 12.3 Å². The number of nitrogens with zero attached hydrogens (tertiary/aromatic N) is 2. The average molecular weight is 275 g/mol. The molecule has 0 aromatic carbocycles. The molecule has 0 aromatic rings. The summed E-state index contributed by atoms with van der Waals surface area (Å²) in [6.45, 7) is 3.74. The molecule has 0 N–H and O–H groups in total. The molecule has 0 aromatic heterocycles. The highest BCUT2D eigenvalue weighted by atomic mass is 35.5. The van der Waals surface area contributed by atoms with Crippen LogP contribution in [0.4, 0.5) is 0 Å². The largest absolute Gasteiger partial charge is 0.355 e. The minimum Gasteiger partial charge on any atom is -0.355 e. The van der Waals surface area contributed by atoms with Crippen molar-refractivity contribution in [1.82, 2.24) is 4.90 Å². The first-order valence-electron chi connectivity index (χ1n) is 6.49. The van der Waals surface area contributed by atoms with Gasteiger partial charge < -0.3 is 4.90 Å². The number of halogens is 1. The van der Waals surface area contributed by atoms with Crippen LogP contribution in [0, 0.1) is 17.2 Å². The van der Waals surface area contributed by atoms with Crippen molar-refractivity contribution < 1.29 is 4.79 Å². The molecule has 1 saturated heterocycles. The van der Waals surface area contributed by atoms with Crippen LogP contribution >= 0.6 is 11.6 Å². The molecule has 4 aliphatic rings. The third kappa shape index (κ3) is 1.41. The summed E-state index contributed by atoms with van der Waals surface area (Å²) in [5.74, 6) is 0.127. The van der Waals surface area contributed by atoms with Gasteiger partial charge in [-0.25, -0.2) is 0 Å². The van der Waals surface area contributed by atoms with E-state index in [0.29, 0.717) is 6.42 Å². The molecule has 98 valence electrons. The van der Waals surface area contributed by atoms with Crippen LogP contribution in [0.3, 0.4) is 0 Å². The summed E-state index contributed by atoms with van der Waals surface area (Å²) in [5.41, 5.74) is -0.539. The van der Waals surface area contributed by atoms with Crippen LogP contribution in [-0.2, 0) is 4.79 Å². The first kappa shape index (κ1) is 12.5. The smallest absolute Gasteiger partial charge is 0.183 e. The molecule has 0 saturated carbocycles. The molecule has 4 atom stereocenters. The summed E-state index contributed by atoms with van der Waals surface area (Å²) in [6.07, 6.45) is 11.3. The predicted octanol–water partition coefficient (Wildman–Crippen LogP) is 2.55. The van der Waals surface area contributed by atoms with Crippen LogP contribution in [-0.4, -0.2) is 27.1 Å². The lowest BCUT2D eigenvalue weighted by Crippen LogP contribution is -2.68. The number of carbonyl (C=O) groups is 1. The van der Waals surface area contributed by atoms with E-state index in [-0.39, 0.29) is 17.7 Å². The number of fused-ring (bicyclic) bond motifs is 1. The van der Waals surface area contributed by atoms with Crippen molar-refractivity contribution in [1.29, 1.82) is 5.26 Å². The second-order valence-electron chi connectivity index (χ2n) is 5.45. The third-order valence-corrected chi connectivity index (χ3v) is 5.08. The molecule has 0 radical (unpaired) electrons. The highest BCUT2D eigenvalue weighted by Gasteiger charge is 2.62. The number of rotatable bonds is 3. The van der Waals surface area contributed by atoms with Gasteiger partial charge in [0.05, 0.1) is 12.1 Å². The van der Waals surface area contributed by atoms with E-state index < -0.39 is 10.4 Å². The zero-order valence-electron chi connectivity index (χ0n) is 10.6. The number of hydrogen-bond acceptors (Lipinski definition) is 3. The lowest BCUT2D eigenvalue weighted by molar-refractivity contribution is -0.130. The molecular formula is C15H15ClN2O. The molecule has 3 heterocycles. The zero-order chi connectivity index (χ0) is 13.7. The van der Waals surface area contributed by atoms with Crippen molar-refractivity contribution in [2.24, 2.45) is 5.92 Å². The lowest BCUT2D eigenvalue weighted by atomic mass is 9.64. The zero-order valence-corrected chi connectivity index (χ0v) is 11.3. The minimum atomic E-state index is -0.925. The molecule has 0 spiro atoms. The first-order valence-corrected chi connectivity index (χ1v) is 6.87. The molecule has 3 nitrogen and oxygen atoms in total. The number of nitriles is 1. The Labute approximate surface area is 117 Å². The van der Waals surface area contributed by atoms with Crippen molar-refractivity contribution in [3.63, 3.8) is 0 Å². The fourth-order valence-electron chi connectivity index (χ4n) is 3.68. The number of carbonyl (C=O) groups excluding carboxylic acids is 1. The van der Waals surface area contributed by atoms with Gasteiger partial charge in [0, 0.05) is 12.1 Å². The Morgan fingerprint density at radius 3 is 3.11 bits per heavy atom.